The van der Waals surface area contributed by atoms with Crippen LogP contribution in [0.1, 0.15) is 95.1 Å². The number of hydrogen-bond donors (Lipinski definition) is 0. The summed E-state index contributed by atoms with van der Waals surface area (Å²) in [6.45, 7) is 2.34. The average molecular weight is 364 g/mol. The molecule has 2 aliphatic carbocycles. The van der Waals surface area contributed by atoms with Crippen LogP contribution in [0.3, 0.4) is 0 Å². The van der Waals surface area contributed by atoms with Crippen LogP contribution in [-0.4, -0.2) is 0 Å². The number of nitriles is 1. The molecule has 0 amide bonds. The molecule has 2 aliphatic rings. The molecule has 1 nitrogen and oxygen atoms in total. The first-order chi connectivity index (χ1) is 13.3. The van der Waals surface area contributed by atoms with E-state index >= 15 is 0 Å². The molecule has 3 rings (SSSR count). The number of nitrogens with zero attached hydrogens (tertiary/aromatic N) is 1. The van der Waals surface area contributed by atoms with E-state index in [-0.39, 0.29) is 0 Å². The van der Waals surface area contributed by atoms with E-state index in [1.165, 1.54) is 82.6 Å². The fourth-order valence-electron chi connectivity index (χ4n) is 5.52. The van der Waals surface area contributed by atoms with Gasteiger partial charge in [0.05, 0.1) is 11.6 Å². The number of allylic oxidation sites excluding steroid dienone is 1. The monoisotopic (exact) mass is 363 g/mol. The van der Waals surface area contributed by atoms with Gasteiger partial charge < -0.3 is 0 Å². The molecule has 1 aromatic carbocycles. The van der Waals surface area contributed by atoms with Crippen LogP contribution in [0.4, 0.5) is 0 Å². The van der Waals surface area contributed by atoms with Crippen molar-refractivity contribution in [3.63, 3.8) is 0 Å². The molecule has 1 heteroatoms. The third kappa shape index (κ3) is 6.24. The quantitative estimate of drug-likeness (QED) is 0.485. The Labute approximate surface area is 166 Å². The number of hydrogen-bond acceptors (Lipinski definition) is 1. The van der Waals surface area contributed by atoms with Gasteiger partial charge in [-0.05, 0) is 79.9 Å². The first-order valence-corrected chi connectivity index (χ1v) is 11.4. The third-order valence-electron chi connectivity index (χ3n) is 7.24. The largest absolute Gasteiger partial charge is 0.192 e. The Balaban J connectivity index is 1.32. The average Bonchev–Trinajstić information content (AvgIpc) is 2.73. The molecule has 1 aromatic rings. The van der Waals surface area contributed by atoms with Gasteiger partial charge in [-0.1, -0.05) is 69.7 Å². The summed E-state index contributed by atoms with van der Waals surface area (Å²) in [4.78, 5) is 0. The van der Waals surface area contributed by atoms with Crippen molar-refractivity contribution >= 4 is 6.08 Å². The van der Waals surface area contributed by atoms with Crippen LogP contribution in [0.25, 0.3) is 6.08 Å². The van der Waals surface area contributed by atoms with E-state index in [2.05, 4.69) is 25.1 Å². The Morgan fingerprint density at radius 2 is 1.41 bits per heavy atom. The zero-order chi connectivity index (χ0) is 18.9. The van der Waals surface area contributed by atoms with Crippen molar-refractivity contribution in [2.75, 3.05) is 0 Å². The summed E-state index contributed by atoms with van der Waals surface area (Å²) in [6.07, 6.45) is 21.9. The molecule has 0 atom stereocenters. The molecule has 2 fully saturated rings. The van der Waals surface area contributed by atoms with Crippen LogP contribution in [0.5, 0.6) is 0 Å². The van der Waals surface area contributed by atoms with Crippen molar-refractivity contribution in [3.05, 3.63) is 41.5 Å². The Hall–Kier alpha value is -1.55. The maximum atomic E-state index is 8.85. The van der Waals surface area contributed by atoms with E-state index in [1.54, 1.807) is 0 Å². The first-order valence-electron chi connectivity index (χ1n) is 11.4. The van der Waals surface area contributed by atoms with E-state index < -0.39 is 0 Å². The van der Waals surface area contributed by atoms with Gasteiger partial charge in [-0.25, -0.2) is 0 Å². The van der Waals surface area contributed by atoms with E-state index in [1.807, 2.05) is 24.3 Å². The molecule has 0 aliphatic heterocycles. The highest BCUT2D eigenvalue weighted by molar-refractivity contribution is 5.50. The molecule has 0 heterocycles. The second kappa shape index (κ2) is 10.7. The molecular formula is C26H37N. The molecule has 2 saturated carbocycles. The van der Waals surface area contributed by atoms with Gasteiger partial charge in [0.15, 0.2) is 0 Å². The van der Waals surface area contributed by atoms with E-state index in [9.17, 15) is 0 Å². The van der Waals surface area contributed by atoms with Gasteiger partial charge in [-0.15, -0.1) is 0 Å². The minimum atomic E-state index is 0.739. The minimum Gasteiger partial charge on any atom is -0.192 e. The van der Waals surface area contributed by atoms with Crippen LogP contribution in [0.15, 0.2) is 30.3 Å². The fraction of sp³-hybridized carbons (Fsp3) is 0.654. The lowest BCUT2D eigenvalue weighted by Gasteiger charge is -2.38. The second-order valence-electron chi connectivity index (χ2n) is 9.06. The highest BCUT2D eigenvalue weighted by atomic mass is 14.4. The molecule has 0 radical (unpaired) electrons. The normalized spacial score (nSPS) is 28.9. The maximum absolute atomic E-state index is 8.85. The van der Waals surface area contributed by atoms with Crippen molar-refractivity contribution in [3.8, 4) is 6.07 Å². The van der Waals surface area contributed by atoms with Crippen LogP contribution >= 0.6 is 0 Å². The number of benzene rings is 1. The van der Waals surface area contributed by atoms with Gasteiger partial charge in [0.25, 0.3) is 0 Å². The van der Waals surface area contributed by atoms with Gasteiger partial charge in [0.2, 0.25) is 0 Å². The molecule has 0 spiro atoms. The lowest BCUT2D eigenvalue weighted by molar-refractivity contribution is 0.141. The number of rotatable bonds is 7. The molecule has 0 saturated heterocycles. The predicted octanol–water partition coefficient (Wildman–Crippen LogP) is 7.76. The molecule has 146 valence electrons. The summed E-state index contributed by atoms with van der Waals surface area (Å²) >= 11 is 0. The van der Waals surface area contributed by atoms with Crippen molar-refractivity contribution in [1.82, 2.24) is 0 Å². The summed E-state index contributed by atoms with van der Waals surface area (Å²) < 4.78 is 0. The highest BCUT2D eigenvalue weighted by Crippen LogP contribution is 2.42. The van der Waals surface area contributed by atoms with Gasteiger partial charge in [-0.2, -0.15) is 5.26 Å². The Morgan fingerprint density at radius 1 is 0.852 bits per heavy atom. The van der Waals surface area contributed by atoms with Crippen molar-refractivity contribution in [2.24, 2.45) is 23.7 Å². The Kier molecular flexibility index (Phi) is 8.00. The lowest BCUT2D eigenvalue weighted by atomic mass is 9.68. The van der Waals surface area contributed by atoms with Gasteiger partial charge in [-0.3, -0.25) is 0 Å². The van der Waals surface area contributed by atoms with Crippen molar-refractivity contribution < 1.29 is 0 Å². The van der Waals surface area contributed by atoms with Gasteiger partial charge >= 0.3 is 0 Å². The zero-order valence-corrected chi connectivity index (χ0v) is 17.2. The molecule has 0 bridgehead atoms. The maximum Gasteiger partial charge on any atom is 0.0991 e. The Morgan fingerprint density at radius 3 is 1.93 bits per heavy atom. The van der Waals surface area contributed by atoms with Crippen LogP contribution in [0.2, 0.25) is 0 Å². The lowest BCUT2D eigenvalue weighted by Crippen LogP contribution is -2.25. The van der Waals surface area contributed by atoms with Crippen molar-refractivity contribution in [2.45, 2.75) is 84.0 Å². The SMILES string of the molecule is CCCC1CCC(C2CCC(CC/C=C\c3ccc(C#N)cc3)CC2)CC1. The second-order valence-corrected chi connectivity index (χ2v) is 9.06. The van der Waals surface area contributed by atoms with Crippen LogP contribution < -0.4 is 0 Å². The summed E-state index contributed by atoms with van der Waals surface area (Å²) in [7, 11) is 0. The standard InChI is InChI=1S/C26H37N/c1-2-5-21-12-16-25(17-13-21)26-18-14-23(15-19-26)7-4-3-6-22-8-10-24(20-27)11-9-22/h3,6,8-11,21,23,25-26H,2,4-5,7,12-19H2,1H3/b6-3-. The topological polar surface area (TPSA) is 23.8 Å². The summed E-state index contributed by atoms with van der Waals surface area (Å²) in [5.74, 6) is 4.09. The molecular weight excluding hydrogens is 326 g/mol. The van der Waals surface area contributed by atoms with Crippen LogP contribution in [-0.2, 0) is 0 Å². The van der Waals surface area contributed by atoms with Gasteiger partial charge in [0, 0.05) is 0 Å². The van der Waals surface area contributed by atoms with E-state index in [4.69, 9.17) is 5.26 Å². The summed E-state index contributed by atoms with van der Waals surface area (Å²) in [5, 5.41) is 8.85. The molecule has 27 heavy (non-hydrogen) atoms. The van der Waals surface area contributed by atoms with Crippen LogP contribution in [0, 0.1) is 35.0 Å². The first kappa shape index (κ1) is 20.2. The summed E-state index contributed by atoms with van der Waals surface area (Å²) in [6, 6.07) is 10.0. The molecule has 0 N–H and O–H groups in total. The summed E-state index contributed by atoms with van der Waals surface area (Å²) in [5.41, 5.74) is 1.94. The molecule has 0 unspecified atom stereocenters. The van der Waals surface area contributed by atoms with E-state index in [0.717, 1.165) is 29.2 Å². The van der Waals surface area contributed by atoms with Crippen molar-refractivity contribution in [1.29, 1.82) is 5.26 Å². The molecule has 0 aromatic heterocycles. The van der Waals surface area contributed by atoms with Gasteiger partial charge in [0.1, 0.15) is 0 Å². The highest BCUT2D eigenvalue weighted by Gasteiger charge is 2.30. The minimum absolute atomic E-state index is 0.739. The fourth-order valence-corrected chi connectivity index (χ4v) is 5.52. The Bertz CT molecular complexity index is 605. The third-order valence-corrected chi connectivity index (χ3v) is 7.24. The smallest absolute Gasteiger partial charge is 0.0991 e. The predicted molar refractivity (Wildman–Crippen MR) is 115 cm³/mol. The zero-order valence-electron chi connectivity index (χ0n) is 17.2. The van der Waals surface area contributed by atoms with E-state index in [0.29, 0.717) is 0 Å².